The third-order valence-corrected chi connectivity index (χ3v) is 3.80. The number of benzene rings is 1. The number of ether oxygens (including phenoxy) is 1. The number of carbonyl (C=O) groups is 2. The largest absolute Gasteiger partial charge is 0.573 e. The van der Waals surface area contributed by atoms with Crippen molar-refractivity contribution >= 4 is 17.5 Å². The number of rotatable bonds is 10. The molecule has 0 fully saturated rings. The van der Waals surface area contributed by atoms with Gasteiger partial charge in [-0.05, 0) is 25.0 Å². The quantitative estimate of drug-likeness (QED) is 0.501. The molecule has 0 saturated heterocycles. The first kappa shape index (κ1) is 22.0. The highest BCUT2D eigenvalue weighted by Crippen LogP contribution is 2.28. The van der Waals surface area contributed by atoms with Crippen LogP contribution in [0, 0.1) is 0 Å². The Morgan fingerprint density at radius 2 is 1.50 bits per heavy atom. The van der Waals surface area contributed by atoms with E-state index in [9.17, 15) is 22.8 Å². The topological polar surface area (TPSA) is 46.6 Å². The van der Waals surface area contributed by atoms with Gasteiger partial charge in [-0.2, -0.15) is 0 Å². The number of halogens is 3. The summed E-state index contributed by atoms with van der Waals surface area (Å²) in [5.74, 6) is -1.25. The molecule has 7 heteroatoms. The van der Waals surface area contributed by atoms with E-state index in [-0.39, 0.29) is 18.5 Å². The third kappa shape index (κ3) is 7.89. The summed E-state index contributed by atoms with van der Waals surface area (Å²) in [4.78, 5) is 26.1. The van der Waals surface area contributed by atoms with Gasteiger partial charge in [0.05, 0.1) is 5.69 Å². The molecule has 0 aliphatic rings. The molecule has 2 amide bonds. The van der Waals surface area contributed by atoms with E-state index in [1.807, 2.05) is 13.8 Å². The van der Waals surface area contributed by atoms with Crippen molar-refractivity contribution < 1.29 is 27.5 Å². The lowest BCUT2D eigenvalue weighted by Crippen LogP contribution is -2.36. The molecule has 0 aliphatic carbocycles. The Balaban J connectivity index is 3.00. The summed E-state index contributed by atoms with van der Waals surface area (Å²) in [7, 11) is 0. The molecule has 0 aromatic heterocycles. The maximum Gasteiger partial charge on any atom is 0.573 e. The van der Waals surface area contributed by atoms with Crippen molar-refractivity contribution in [2.45, 2.75) is 71.6 Å². The SMILES string of the molecule is CCCCCC(=O)N(C(=O)CCCCC)c1cccc(OC(F)(F)F)c1. The molecule has 0 saturated carbocycles. The molecule has 0 heterocycles. The number of alkyl halides is 3. The monoisotopic (exact) mass is 373 g/mol. The van der Waals surface area contributed by atoms with Crippen molar-refractivity contribution in [3.63, 3.8) is 0 Å². The third-order valence-electron chi connectivity index (χ3n) is 3.80. The highest BCUT2D eigenvalue weighted by molar-refractivity contribution is 6.14. The van der Waals surface area contributed by atoms with Crippen molar-refractivity contribution in [1.29, 1.82) is 0 Å². The summed E-state index contributed by atoms with van der Waals surface area (Å²) in [6, 6.07) is 4.99. The molecule has 1 aromatic rings. The van der Waals surface area contributed by atoms with Crippen molar-refractivity contribution in [1.82, 2.24) is 0 Å². The lowest BCUT2D eigenvalue weighted by atomic mass is 10.1. The van der Waals surface area contributed by atoms with Crippen molar-refractivity contribution in [3.05, 3.63) is 24.3 Å². The lowest BCUT2D eigenvalue weighted by Gasteiger charge is -2.22. The van der Waals surface area contributed by atoms with Crippen LogP contribution in [0.15, 0.2) is 24.3 Å². The number of carbonyl (C=O) groups excluding carboxylic acids is 2. The molecule has 0 spiro atoms. The Kier molecular flexibility index (Phi) is 9.16. The van der Waals surface area contributed by atoms with Crippen LogP contribution in [0.1, 0.15) is 65.2 Å². The lowest BCUT2D eigenvalue weighted by molar-refractivity contribution is -0.274. The van der Waals surface area contributed by atoms with Gasteiger partial charge in [0, 0.05) is 18.9 Å². The summed E-state index contributed by atoms with van der Waals surface area (Å²) < 4.78 is 41.2. The van der Waals surface area contributed by atoms with E-state index >= 15 is 0 Å². The van der Waals surface area contributed by atoms with Crippen LogP contribution in [0.3, 0.4) is 0 Å². The number of imide groups is 1. The Labute approximate surface area is 152 Å². The Morgan fingerprint density at radius 1 is 0.962 bits per heavy atom. The van der Waals surface area contributed by atoms with Crippen LogP contribution in [0.4, 0.5) is 18.9 Å². The van der Waals surface area contributed by atoms with Crippen LogP contribution in [0.25, 0.3) is 0 Å². The van der Waals surface area contributed by atoms with E-state index in [1.54, 1.807) is 0 Å². The van der Waals surface area contributed by atoms with Gasteiger partial charge in [0.25, 0.3) is 0 Å². The van der Waals surface area contributed by atoms with Crippen molar-refractivity contribution in [3.8, 4) is 5.75 Å². The van der Waals surface area contributed by atoms with Gasteiger partial charge in [0.15, 0.2) is 0 Å². The van der Waals surface area contributed by atoms with E-state index in [2.05, 4.69) is 4.74 Å². The first-order valence-electron chi connectivity index (χ1n) is 9.00. The summed E-state index contributed by atoms with van der Waals surface area (Å²) in [6.45, 7) is 3.99. The number of amides is 2. The second-order valence-corrected chi connectivity index (χ2v) is 6.08. The Hall–Kier alpha value is -2.05. The number of hydrogen-bond acceptors (Lipinski definition) is 3. The van der Waals surface area contributed by atoms with E-state index in [0.717, 1.165) is 42.7 Å². The average Bonchev–Trinajstić information content (AvgIpc) is 2.54. The van der Waals surface area contributed by atoms with Crippen molar-refractivity contribution in [2.24, 2.45) is 0 Å². The summed E-state index contributed by atoms with van der Waals surface area (Å²) in [5.41, 5.74) is 0.106. The van der Waals surface area contributed by atoms with Gasteiger partial charge in [0.1, 0.15) is 5.75 Å². The predicted octanol–water partition coefficient (Wildman–Crippen LogP) is 5.61. The highest BCUT2D eigenvalue weighted by atomic mass is 19.4. The number of unbranched alkanes of at least 4 members (excludes halogenated alkanes) is 4. The number of nitrogens with zero attached hydrogens (tertiary/aromatic N) is 1. The maximum absolute atomic E-state index is 12.5. The fourth-order valence-electron chi connectivity index (χ4n) is 2.52. The normalized spacial score (nSPS) is 11.3. The van der Waals surface area contributed by atoms with Crippen LogP contribution in [-0.2, 0) is 9.59 Å². The zero-order valence-corrected chi connectivity index (χ0v) is 15.3. The fourth-order valence-corrected chi connectivity index (χ4v) is 2.52. The van der Waals surface area contributed by atoms with Gasteiger partial charge in [-0.25, -0.2) is 0 Å². The first-order valence-corrected chi connectivity index (χ1v) is 9.00. The summed E-state index contributed by atoms with van der Waals surface area (Å²) >= 11 is 0. The molecule has 146 valence electrons. The molecule has 1 rings (SSSR count). The number of anilines is 1. The van der Waals surface area contributed by atoms with E-state index in [0.29, 0.717) is 12.8 Å². The average molecular weight is 373 g/mol. The van der Waals surface area contributed by atoms with Gasteiger partial charge < -0.3 is 4.74 Å². The second kappa shape index (κ2) is 10.8. The maximum atomic E-state index is 12.5. The minimum absolute atomic E-state index is 0.106. The molecule has 0 unspecified atom stereocenters. The van der Waals surface area contributed by atoms with Crippen LogP contribution < -0.4 is 9.64 Å². The van der Waals surface area contributed by atoms with Gasteiger partial charge in [0.2, 0.25) is 11.8 Å². The molecule has 0 aliphatic heterocycles. The molecule has 1 aromatic carbocycles. The molecular formula is C19H26F3NO3. The fraction of sp³-hybridized carbons (Fsp3) is 0.579. The molecule has 26 heavy (non-hydrogen) atoms. The molecule has 0 atom stereocenters. The molecule has 0 N–H and O–H groups in total. The number of hydrogen-bond donors (Lipinski definition) is 0. The summed E-state index contributed by atoms with van der Waals surface area (Å²) in [5, 5.41) is 0. The summed E-state index contributed by atoms with van der Waals surface area (Å²) in [6.07, 6.45) is 0.329. The van der Waals surface area contributed by atoms with E-state index in [4.69, 9.17) is 0 Å². The Morgan fingerprint density at radius 3 is 1.96 bits per heavy atom. The van der Waals surface area contributed by atoms with Gasteiger partial charge in [-0.3, -0.25) is 14.5 Å². The molecule has 0 radical (unpaired) electrons. The second-order valence-electron chi connectivity index (χ2n) is 6.08. The predicted molar refractivity (Wildman–Crippen MR) is 93.9 cm³/mol. The van der Waals surface area contributed by atoms with Gasteiger partial charge >= 0.3 is 6.36 Å². The molecular weight excluding hydrogens is 347 g/mol. The van der Waals surface area contributed by atoms with Crippen LogP contribution in [0.5, 0.6) is 5.75 Å². The van der Waals surface area contributed by atoms with Crippen LogP contribution in [0.2, 0.25) is 0 Å². The van der Waals surface area contributed by atoms with Gasteiger partial charge in [-0.15, -0.1) is 13.2 Å². The van der Waals surface area contributed by atoms with E-state index in [1.165, 1.54) is 12.1 Å². The van der Waals surface area contributed by atoms with Gasteiger partial charge in [-0.1, -0.05) is 45.6 Å². The van der Waals surface area contributed by atoms with E-state index < -0.39 is 23.9 Å². The van der Waals surface area contributed by atoms with Crippen LogP contribution >= 0.6 is 0 Å². The first-order chi connectivity index (χ1) is 12.3. The minimum atomic E-state index is -4.83. The Bertz CT molecular complexity index is 566. The minimum Gasteiger partial charge on any atom is -0.406 e. The van der Waals surface area contributed by atoms with Crippen LogP contribution in [-0.4, -0.2) is 18.2 Å². The molecule has 0 bridgehead atoms. The molecule has 4 nitrogen and oxygen atoms in total. The standard InChI is InChI=1S/C19H26F3NO3/c1-3-5-7-12-17(24)23(18(25)13-8-6-4-2)15-10-9-11-16(14-15)26-19(20,21)22/h9-11,14H,3-8,12-13H2,1-2H3. The van der Waals surface area contributed by atoms with Crippen molar-refractivity contribution in [2.75, 3.05) is 4.90 Å². The zero-order chi connectivity index (χ0) is 19.6. The zero-order valence-electron chi connectivity index (χ0n) is 15.3. The highest BCUT2D eigenvalue weighted by Gasteiger charge is 2.31. The smallest absolute Gasteiger partial charge is 0.406 e.